The molecule has 0 radical (unpaired) electrons. The highest BCUT2D eigenvalue weighted by molar-refractivity contribution is 7.80. The van der Waals surface area contributed by atoms with E-state index in [-0.39, 0.29) is 5.75 Å². The van der Waals surface area contributed by atoms with Crippen molar-refractivity contribution in [3.63, 3.8) is 0 Å². The quantitative estimate of drug-likeness (QED) is 0.132. The van der Waals surface area contributed by atoms with Crippen LogP contribution in [0.1, 0.15) is 26.7 Å². The maximum Gasteiger partial charge on any atom is 0.326 e. The largest absolute Gasteiger partial charge is 0.481 e. The Morgan fingerprint density at radius 3 is 1.80 bits per heavy atom. The topological polar surface area (TPSA) is 231 Å². The lowest BCUT2D eigenvalue weighted by atomic mass is 10.0. The summed E-state index contributed by atoms with van der Waals surface area (Å²) in [6, 6.07) is -5.51. The lowest BCUT2D eigenvalue weighted by Gasteiger charge is -2.26. The van der Waals surface area contributed by atoms with Crippen LogP contribution >= 0.6 is 12.6 Å². The van der Waals surface area contributed by atoms with E-state index in [9.17, 15) is 28.8 Å². The molecule has 0 aliphatic rings. The fraction of sp³-hybridized carbons (Fsp3) is 0.625. The lowest BCUT2D eigenvalue weighted by molar-refractivity contribution is -0.147. The molecule has 0 saturated heterocycles. The number of amides is 4. The number of carbonyl (C=O) groups is 6. The highest BCUT2D eigenvalue weighted by Crippen LogP contribution is 2.06. The Bertz CT molecular complexity index is 687. The molecular weight excluding hydrogens is 422 g/mol. The molecule has 0 aliphatic heterocycles. The van der Waals surface area contributed by atoms with E-state index in [4.69, 9.17) is 21.7 Å². The molecule has 0 aromatic carbocycles. The number of carboxylic acids is 2. The zero-order valence-electron chi connectivity index (χ0n) is 16.5. The van der Waals surface area contributed by atoms with Crippen LogP contribution in [0.4, 0.5) is 0 Å². The lowest BCUT2D eigenvalue weighted by Crippen LogP contribution is -2.59. The summed E-state index contributed by atoms with van der Waals surface area (Å²) in [6.45, 7) is 3.08. The third-order valence-corrected chi connectivity index (χ3v) is 4.21. The summed E-state index contributed by atoms with van der Waals surface area (Å²) in [5.41, 5.74) is 10.6. The molecule has 4 amide bonds. The van der Waals surface area contributed by atoms with Gasteiger partial charge in [-0.3, -0.25) is 24.0 Å². The highest BCUT2D eigenvalue weighted by atomic mass is 32.1. The van der Waals surface area contributed by atoms with Crippen LogP contribution in [0.3, 0.4) is 0 Å². The molecular formula is C16H27N5O8S. The summed E-state index contributed by atoms with van der Waals surface area (Å²) in [4.78, 5) is 70.1. The first-order chi connectivity index (χ1) is 13.8. The van der Waals surface area contributed by atoms with Crippen molar-refractivity contribution in [3.05, 3.63) is 0 Å². The molecule has 170 valence electrons. The number of aliphatic carboxylic acids is 2. The van der Waals surface area contributed by atoms with Gasteiger partial charge >= 0.3 is 11.9 Å². The van der Waals surface area contributed by atoms with Crippen molar-refractivity contribution in [1.82, 2.24) is 16.0 Å². The second kappa shape index (κ2) is 12.6. The average Bonchev–Trinajstić information content (AvgIpc) is 2.62. The fourth-order valence-electron chi connectivity index (χ4n) is 2.20. The van der Waals surface area contributed by atoms with Gasteiger partial charge in [0.2, 0.25) is 23.6 Å². The third-order valence-electron chi connectivity index (χ3n) is 3.81. The van der Waals surface area contributed by atoms with Gasteiger partial charge in [-0.2, -0.15) is 12.6 Å². The Morgan fingerprint density at radius 2 is 1.40 bits per heavy atom. The van der Waals surface area contributed by atoms with Crippen molar-refractivity contribution in [2.45, 2.75) is 50.9 Å². The molecule has 0 heterocycles. The Hall–Kier alpha value is -2.87. The van der Waals surface area contributed by atoms with Gasteiger partial charge in [0.15, 0.2) is 0 Å². The van der Waals surface area contributed by atoms with Gasteiger partial charge in [0, 0.05) is 5.75 Å². The van der Waals surface area contributed by atoms with Crippen molar-refractivity contribution in [2.75, 3.05) is 5.75 Å². The second-order valence-electron chi connectivity index (χ2n) is 6.75. The van der Waals surface area contributed by atoms with Crippen molar-refractivity contribution in [3.8, 4) is 0 Å². The summed E-state index contributed by atoms with van der Waals surface area (Å²) >= 11 is 3.86. The summed E-state index contributed by atoms with van der Waals surface area (Å²) in [6.07, 6.45) is -1.46. The second-order valence-corrected chi connectivity index (χ2v) is 7.11. The molecule has 0 rings (SSSR count). The monoisotopic (exact) mass is 449 g/mol. The zero-order valence-corrected chi connectivity index (χ0v) is 17.3. The zero-order chi connectivity index (χ0) is 23.6. The van der Waals surface area contributed by atoms with Crippen molar-refractivity contribution in [2.24, 2.45) is 17.4 Å². The van der Waals surface area contributed by atoms with Crippen molar-refractivity contribution in [1.29, 1.82) is 0 Å². The predicted octanol–water partition coefficient (Wildman–Crippen LogP) is -3.21. The number of carboxylic acid groups (broad SMARTS) is 2. The van der Waals surface area contributed by atoms with Crippen molar-refractivity contribution >= 4 is 48.2 Å². The molecule has 4 atom stereocenters. The van der Waals surface area contributed by atoms with Gasteiger partial charge in [0.25, 0.3) is 0 Å². The number of primary amides is 1. The van der Waals surface area contributed by atoms with Crippen LogP contribution in [-0.2, 0) is 28.8 Å². The van der Waals surface area contributed by atoms with Gasteiger partial charge in [-0.25, -0.2) is 4.79 Å². The van der Waals surface area contributed by atoms with Gasteiger partial charge in [-0.15, -0.1) is 0 Å². The van der Waals surface area contributed by atoms with Gasteiger partial charge in [-0.05, 0) is 5.92 Å². The Labute approximate surface area is 177 Å². The van der Waals surface area contributed by atoms with Crippen LogP contribution in [-0.4, -0.2) is 75.7 Å². The molecule has 0 aromatic rings. The van der Waals surface area contributed by atoms with Crippen LogP contribution in [0.15, 0.2) is 0 Å². The van der Waals surface area contributed by atoms with Crippen LogP contribution in [0, 0.1) is 5.92 Å². The molecule has 4 unspecified atom stereocenters. The highest BCUT2D eigenvalue weighted by Gasteiger charge is 2.33. The molecule has 30 heavy (non-hydrogen) atoms. The smallest absolute Gasteiger partial charge is 0.326 e. The molecule has 0 aromatic heterocycles. The third kappa shape index (κ3) is 9.56. The molecule has 0 saturated carbocycles. The number of hydrogen-bond donors (Lipinski definition) is 8. The Balaban J connectivity index is 5.42. The minimum Gasteiger partial charge on any atom is -0.481 e. The van der Waals surface area contributed by atoms with E-state index < -0.39 is 78.5 Å². The van der Waals surface area contributed by atoms with E-state index in [1.54, 1.807) is 0 Å². The normalized spacial score (nSPS) is 14.7. The predicted molar refractivity (Wildman–Crippen MR) is 106 cm³/mol. The Morgan fingerprint density at radius 1 is 0.867 bits per heavy atom. The number of carbonyl (C=O) groups excluding carboxylic acids is 4. The first-order valence-electron chi connectivity index (χ1n) is 8.80. The SMILES string of the molecule is CC(C)C(NC(=O)C(CC(N)=O)NC(=O)C(N)CS)C(=O)NC(CC(=O)O)C(=O)O. The van der Waals surface area contributed by atoms with Gasteiger partial charge in [0.1, 0.15) is 18.1 Å². The van der Waals surface area contributed by atoms with E-state index in [1.807, 2.05) is 5.32 Å². The van der Waals surface area contributed by atoms with E-state index in [0.717, 1.165) is 0 Å². The van der Waals surface area contributed by atoms with Crippen molar-refractivity contribution < 1.29 is 39.0 Å². The van der Waals surface area contributed by atoms with Crippen LogP contribution in [0.2, 0.25) is 0 Å². The number of nitrogens with two attached hydrogens (primary N) is 2. The first-order valence-corrected chi connectivity index (χ1v) is 9.43. The van der Waals surface area contributed by atoms with Gasteiger partial charge in [0.05, 0.1) is 18.9 Å². The number of rotatable bonds is 13. The Kier molecular flexibility index (Phi) is 11.4. The summed E-state index contributed by atoms with van der Waals surface area (Å²) in [7, 11) is 0. The van der Waals surface area contributed by atoms with Gasteiger partial charge < -0.3 is 37.6 Å². The molecule has 0 bridgehead atoms. The fourth-order valence-corrected chi connectivity index (χ4v) is 2.36. The summed E-state index contributed by atoms with van der Waals surface area (Å²) in [5.74, 6) is -7.18. The number of hydrogen-bond acceptors (Lipinski definition) is 8. The van der Waals surface area contributed by atoms with E-state index in [1.165, 1.54) is 13.8 Å². The van der Waals surface area contributed by atoms with Crippen LogP contribution < -0.4 is 27.4 Å². The number of thiol groups is 1. The molecule has 13 nitrogen and oxygen atoms in total. The molecule has 0 fully saturated rings. The maximum absolute atomic E-state index is 12.6. The average molecular weight is 449 g/mol. The van der Waals surface area contributed by atoms with Gasteiger partial charge in [-0.1, -0.05) is 13.8 Å². The summed E-state index contributed by atoms with van der Waals surface area (Å²) < 4.78 is 0. The molecule has 14 heteroatoms. The summed E-state index contributed by atoms with van der Waals surface area (Å²) in [5, 5.41) is 24.4. The first kappa shape index (κ1) is 27.1. The minimum atomic E-state index is -1.72. The van der Waals surface area contributed by atoms with E-state index in [0.29, 0.717) is 0 Å². The van der Waals surface area contributed by atoms with E-state index in [2.05, 4.69) is 23.3 Å². The molecule has 9 N–H and O–H groups in total. The van der Waals surface area contributed by atoms with Crippen LogP contribution in [0.25, 0.3) is 0 Å². The minimum absolute atomic E-state index is 0.0338. The standard InChI is InChI=1S/C16H27N5O8S/c1-6(2)12(15(27)20-9(16(28)29)4-11(23)24)21-14(26)8(3-10(18)22)19-13(25)7(17)5-30/h6-9,12,30H,3-5,17H2,1-2H3,(H2,18,22)(H,19,25)(H,20,27)(H,21,26)(H,23,24)(H,28,29). The number of nitrogens with one attached hydrogen (secondary N) is 3. The van der Waals surface area contributed by atoms with Crippen LogP contribution in [0.5, 0.6) is 0 Å². The maximum atomic E-state index is 12.6. The molecule has 0 spiro atoms. The van der Waals surface area contributed by atoms with E-state index >= 15 is 0 Å². The molecule has 0 aliphatic carbocycles.